The van der Waals surface area contributed by atoms with Gasteiger partial charge in [0, 0.05) is 51.2 Å². The summed E-state index contributed by atoms with van der Waals surface area (Å²) in [5.74, 6) is 0. The standard InChI is InChI=1S/C20H26N6O/c27-20(22-15-16-4-2-1-3-5-16)26-12-10-25(11-13-26)19-14-18(23-24-19)17-6-8-21-9-7-17/h1-9,18-19,23-24H,10-15H2,(H,22,27). The molecule has 7 heteroatoms. The third-order valence-electron chi connectivity index (χ3n) is 5.32. The van der Waals surface area contributed by atoms with Gasteiger partial charge in [-0.3, -0.25) is 9.88 Å². The maximum atomic E-state index is 12.4. The summed E-state index contributed by atoms with van der Waals surface area (Å²) in [6, 6.07) is 14.4. The molecule has 0 radical (unpaired) electrons. The molecule has 0 aliphatic carbocycles. The highest BCUT2D eigenvalue weighted by Gasteiger charge is 2.32. The Labute approximate surface area is 159 Å². The molecule has 27 heavy (non-hydrogen) atoms. The predicted octanol–water partition coefficient (Wildman–Crippen LogP) is 1.47. The van der Waals surface area contributed by atoms with Crippen molar-refractivity contribution < 1.29 is 4.79 Å². The van der Waals surface area contributed by atoms with Crippen molar-refractivity contribution in [2.75, 3.05) is 26.2 Å². The Morgan fingerprint density at radius 3 is 2.52 bits per heavy atom. The first-order chi connectivity index (χ1) is 13.3. The monoisotopic (exact) mass is 366 g/mol. The van der Waals surface area contributed by atoms with Gasteiger partial charge in [0.25, 0.3) is 0 Å². The zero-order valence-electron chi connectivity index (χ0n) is 15.3. The highest BCUT2D eigenvalue weighted by atomic mass is 16.2. The van der Waals surface area contributed by atoms with Crippen LogP contribution in [0.3, 0.4) is 0 Å². The quantitative estimate of drug-likeness (QED) is 0.764. The topological polar surface area (TPSA) is 72.5 Å². The van der Waals surface area contributed by atoms with Crippen molar-refractivity contribution in [2.45, 2.75) is 25.2 Å². The van der Waals surface area contributed by atoms with Crippen molar-refractivity contribution in [2.24, 2.45) is 0 Å². The van der Waals surface area contributed by atoms with Gasteiger partial charge in [0.15, 0.2) is 0 Å². The predicted molar refractivity (Wildman–Crippen MR) is 103 cm³/mol. The Bertz CT molecular complexity index is 733. The number of hydrogen-bond donors (Lipinski definition) is 3. The average Bonchev–Trinajstić information content (AvgIpc) is 3.24. The van der Waals surface area contributed by atoms with Crippen LogP contribution in [-0.4, -0.2) is 53.2 Å². The van der Waals surface area contributed by atoms with Gasteiger partial charge < -0.3 is 10.2 Å². The van der Waals surface area contributed by atoms with Gasteiger partial charge in [-0.1, -0.05) is 30.3 Å². The van der Waals surface area contributed by atoms with Gasteiger partial charge in [-0.25, -0.2) is 15.6 Å². The van der Waals surface area contributed by atoms with Gasteiger partial charge in [0.1, 0.15) is 0 Å². The molecular weight excluding hydrogens is 340 g/mol. The van der Waals surface area contributed by atoms with Crippen LogP contribution in [0.4, 0.5) is 4.79 Å². The Hall–Kier alpha value is -2.48. The molecule has 2 saturated heterocycles. The number of amides is 2. The van der Waals surface area contributed by atoms with Crippen LogP contribution in [0.2, 0.25) is 0 Å². The van der Waals surface area contributed by atoms with Crippen LogP contribution < -0.4 is 16.2 Å². The number of hydrogen-bond acceptors (Lipinski definition) is 5. The minimum Gasteiger partial charge on any atom is -0.334 e. The third kappa shape index (κ3) is 4.44. The smallest absolute Gasteiger partial charge is 0.317 e. The van der Waals surface area contributed by atoms with E-state index >= 15 is 0 Å². The van der Waals surface area contributed by atoms with Crippen molar-refractivity contribution in [3.05, 3.63) is 66.0 Å². The molecule has 2 aliphatic rings. The van der Waals surface area contributed by atoms with E-state index in [1.54, 1.807) is 0 Å². The minimum absolute atomic E-state index is 0.0191. The molecule has 4 rings (SSSR count). The van der Waals surface area contributed by atoms with Crippen LogP contribution >= 0.6 is 0 Å². The summed E-state index contributed by atoms with van der Waals surface area (Å²) in [7, 11) is 0. The summed E-state index contributed by atoms with van der Waals surface area (Å²) in [6.07, 6.45) is 4.95. The molecule has 2 aromatic rings. The maximum absolute atomic E-state index is 12.4. The van der Waals surface area contributed by atoms with E-state index in [0.717, 1.165) is 38.2 Å². The summed E-state index contributed by atoms with van der Waals surface area (Å²) >= 11 is 0. The van der Waals surface area contributed by atoms with Crippen molar-refractivity contribution in [1.29, 1.82) is 0 Å². The summed E-state index contributed by atoms with van der Waals surface area (Å²) in [5.41, 5.74) is 9.15. The van der Waals surface area contributed by atoms with Crippen molar-refractivity contribution in [3.8, 4) is 0 Å². The second kappa shape index (κ2) is 8.47. The summed E-state index contributed by atoms with van der Waals surface area (Å²) in [5, 5.41) is 3.02. The number of pyridine rings is 1. The lowest BCUT2D eigenvalue weighted by Gasteiger charge is -2.37. The largest absolute Gasteiger partial charge is 0.334 e. The molecule has 2 unspecified atom stereocenters. The molecule has 3 heterocycles. The Balaban J connectivity index is 1.23. The van der Waals surface area contributed by atoms with Crippen molar-refractivity contribution >= 4 is 6.03 Å². The highest BCUT2D eigenvalue weighted by Crippen LogP contribution is 2.23. The van der Waals surface area contributed by atoms with E-state index in [1.807, 2.05) is 47.6 Å². The van der Waals surface area contributed by atoms with E-state index in [-0.39, 0.29) is 12.2 Å². The average molecular weight is 366 g/mol. The molecule has 0 bridgehead atoms. The molecule has 2 fully saturated rings. The fourth-order valence-corrected chi connectivity index (χ4v) is 3.72. The van der Waals surface area contributed by atoms with E-state index in [9.17, 15) is 4.79 Å². The van der Waals surface area contributed by atoms with E-state index in [2.05, 4.69) is 38.2 Å². The van der Waals surface area contributed by atoms with E-state index in [1.165, 1.54) is 5.56 Å². The van der Waals surface area contributed by atoms with Crippen molar-refractivity contribution in [3.63, 3.8) is 0 Å². The number of rotatable bonds is 4. The van der Waals surface area contributed by atoms with Crippen LogP contribution in [0.5, 0.6) is 0 Å². The number of piperazine rings is 1. The number of hydrazine groups is 1. The number of carbonyl (C=O) groups excluding carboxylic acids is 1. The van der Waals surface area contributed by atoms with Gasteiger partial charge >= 0.3 is 6.03 Å². The highest BCUT2D eigenvalue weighted by molar-refractivity contribution is 5.74. The van der Waals surface area contributed by atoms with Gasteiger partial charge in [-0.05, 0) is 29.7 Å². The fraction of sp³-hybridized carbons (Fsp3) is 0.400. The number of aromatic nitrogens is 1. The van der Waals surface area contributed by atoms with E-state index < -0.39 is 0 Å². The molecule has 142 valence electrons. The second-order valence-corrected chi connectivity index (χ2v) is 7.04. The molecule has 2 atom stereocenters. The van der Waals surface area contributed by atoms with Crippen LogP contribution in [0, 0.1) is 0 Å². The summed E-state index contributed by atoms with van der Waals surface area (Å²) in [6.45, 7) is 3.82. The maximum Gasteiger partial charge on any atom is 0.317 e. The number of urea groups is 1. The Kier molecular flexibility index (Phi) is 5.62. The van der Waals surface area contributed by atoms with Crippen LogP contribution in [-0.2, 0) is 6.54 Å². The summed E-state index contributed by atoms with van der Waals surface area (Å²) in [4.78, 5) is 20.8. The molecular formula is C20H26N6O. The third-order valence-corrected chi connectivity index (χ3v) is 5.32. The zero-order chi connectivity index (χ0) is 18.5. The number of nitrogens with one attached hydrogen (secondary N) is 3. The van der Waals surface area contributed by atoms with Gasteiger partial charge in [0.05, 0.1) is 6.17 Å². The van der Waals surface area contributed by atoms with Crippen LogP contribution in [0.15, 0.2) is 54.9 Å². The molecule has 7 nitrogen and oxygen atoms in total. The van der Waals surface area contributed by atoms with Gasteiger partial charge in [-0.15, -0.1) is 0 Å². The van der Waals surface area contributed by atoms with Crippen molar-refractivity contribution in [1.82, 2.24) is 31.0 Å². The van der Waals surface area contributed by atoms with E-state index in [4.69, 9.17) is 0 Å². The number of benzene rings is 1. The molecule has 0 spiro atoms. The SMILES string of the molecule is O=C(NCc1ccccc1)N1CCN(C2CC(c3ccncc3)NN2)CC1. The Morgan fingerprint density at radius 1 is 1.04 bits per heavy atom. The number of carbonyl (C=O) groups is 1. The Morgan fingerprint density at radius 2 is 1.78 bits per heavy atom. The molecule has 1 aromatic carbocycles. The summed E-state index contributed by atoms with van der Waals surface area (Å²) < 4.78 is 0. The number of nitrogens with zero attached hydrogens (tertiary/aromatic N) is 3. The van der Waals surface area contributed by atoms with Crippen LogP contribution in [0.25, 0.3) is 0 Å². The molecule has 2 amide bonds. The lowest BCUT2D eigenvalue weighted by Crippen LogP contribution is -2.56. The lowest BCUT2D eigenvalue weighted by molar-refractivity contribution is 0.0986. The lowest BCUT2D eigenvalue weighted by atomic mass is 10.1. The van der Waals surface area contributed by atoms with Crippen LogP contribution in [0.1, 0.15) is 23.6 Å². The van der Waals surface area contributed by atoms with E-state index in [0.29, 0.717) is 12.6 Å². The zero-order valence-corrected chi connectivity index (χ0v) is 15.3. The minimum atomic E-state index is 0.0191. The molecule has 0 saturated carbocycles. The van der Waals surface area contributed by atoms with Gasteiger partial charge in [-0.2, -0.15) is 0 Å². The first kappa shape index (κ1) is 17.9. The van der Waals surface area contributed by atoms with Gasteiger partial charge in [0.2, 0.25) is 0 Å². The second-order valence-electron chi connectivity index (χ2n) is 7.04. The molecule has 2 aliphatic heterocycles. The first-order valence-electron chi connectivity index (χ1n) is 9.51. The normalized spacial score (nSPS) is 23.3. The molecule has 1 aromatic heterocycles. The fourth-order valence-electron chi connectivity index (χ4n) is 3.72. The first-order valence-corrected chi connectivity index (χ1v) is 9.51. The molecule has 3 N–H and O–H groups in total.